The topological polar surface area (TPSA) is 95.2 Å². The second-order valence-corrected chi connectivity index (χ2v) is 8.95. The first-order valence-electron chi connectivity index (χ1n) is 12.7. The predicted molar refractivity (Wildman–Crippen MR) is 140 cm³/mol. The maximum atomic E-state index is 5.60. The first-order chi connectivity index (χ1) is 16.6. The molecule has 0 aromatic heterocycles. The molecule has 4 N–H and O–H groups in total. The molecule has 34 heavy (non-hydrogen) atoms. The monoisotopic (exact) mass is 464 g/mol. The van der Waals surface area contributed by atoms with E-state index in [2.05, 4.69) is 72.4 Å². The minimum atomic E-state index is 0.186. The largest absolute Gasteiger partial charge is 0.460 e. The molecule has 2 aromatic rings. The molecular formula is C28H40N4O2. The molecular weight excluding hydrogens is 424 g/mol. The molecule has 2 heterocycles. The Morgan fingerprint density at radius 1 is 0.647 bits per heavy atom. The summed E-state index contributed by atoms with van der Waals surface area (Å²) in [6.07, 6.45) is 8.88. The number of hydrogen-bond donors (Lipinski definition) is 2. The van der Waals surface area contributed by atoms with Gasteiger partial charge in [0, 0.05) is 0 Å². The first-order valence-corrected chi connectivity index (χ1v) is 12.7. The highest BCUT2D eigenvalue weighted by molar-refractivity contribution is 5.73. The lowest BCUT2D eigenvalue weighted by Crippen LogP contribution is -2.23. The van der Waals surface area contributed by atoms with Crippen molar-refractivity contribution in [3.05, 3.63) is 71.8 Å². The van der Waals surface area contributed by atoms with Crippen LogP contribution in [0.4, 0.5) is 0 Å². The van der Waals surface area contributed by atoms with E-state index in [0.717, 1.165) is 51.4 Å². The van der Waals surface area contributed by atoms with E-state index in [-0.39, 0.29) is 24.3 Å². The molecule has 0 saturated heterocycles. The van der Waals surface area contributed by atoms with Crippen LogP contribution in [0.2, 0.25) is 0 Å². The van der Waals surface area contributed by atoms with Gasteiger partial charge in [0.15, 0.2) is 0 Å². The van der Waals surface area contributed by atoms with E-state index in [9.17, 15) is 0 Å². The minimum Gasteiger partial charge on any atom is -0.460 e. The summed E-state index contributed by atoms with van der Waals surface area (Å²) in [6.45, 7) is 4.23. The lowest BCUT2D eigenvalue weighted by Gasteiger charge is -2.14. The van der Waals surface area contributed by atoms with Crippen LogP contribution in [0.3, 0.4) is 0 Å². The summed E-state index contributed by atoms with van der Waals surface area (Å²) in [4.78, 5) is 8.69. The molecule has 0 radical (unpaired) electrons. The third kappa shape index (κ3) is 8.08. The zero-order chi connectivity index (χ0) is 24.2. The Morgan fingerprint density at radius 3 is 1.38 bits per heavy atom. The molecule has 2 aromatic carbocycles. The molecule has 0 spiro atoms. The van der Waals surface area contributed by atoms with Crippen LogP contribution >= 0.6 is 0 Å². The SMILES string of the molecule is CC[C@@H]1OC(N)=N[C@H]1CCCc1ccccc1.CC[C@H]1OC(N)=N[C@H]1CCCc1ccccc1. The smallest absolute Gasteiger partial charge is 0.282 e. The zero-order valence-electron chi connectivity index (χ0n) is 20.6. The van der Waals surface area contributed by atoms with Gasteiger partial charge in [0.25, 0.3) is 12.0 Å². The van der Waals surface area contributed by atoms with Crippen molar-refractivity contribution in [3.63, 3.8) is 0 Å². The van der Waals surface area contributed by atoms with Crippen molar-refractivity contribution in [2.45, 2.75) is 89.5 Å². The van der Waals surface area contributed by atoms with Crippen molar-refractivity contribution in [3.8, 4) is 0 Å². The van der Waals surface area contributed by atoms with Crippen molar-refractivity contribution >= 4 is 12.0 Å². The van der Waals surface area contributed by atoms with E-state index in [1.165, 1.54) is 11.1 Å². The van der Waals surface area contributed by atoms with Gasteiger partial charge < -0.3 is 20.9 Å². The van der Waals surface area contributed by atoms with Crippen LogP contribution in [-0.4, -0.2) is 36.3 Å². The second kappa shape index (κ2) is 13.6. The number of hydrogen-bond acceptors (Lipinski definition) is 6. The van der Waals surface area contributed by atoms with E-state index in [0.29, 0.717) is 12.0 Å². The van der Waals surface area contributed by atoms with Gasteiger partial charge in [0.05, 0.1) is 12.1 Å². The molecule has 2 aliphatic rings. The highest BCUT2D eigenvalue weighted by Crippen LogP contribution is 2.21. The lowest BCUT2D eigenvalue weighted by molar-refractivity contribution is 0.179. The summed E-state index contributed by atoms with van der Waals surface area (Å²) in [5, 5.41) is 0. The number of rotatable bonds is 10. The number of aliphatic imine (C=N–C) groups is 2. The van der Waals surface area contributed by atoms with Crippen molar-refractivity contribution in [2.75, 3.05) is 0 Å². The fourth-order valence-corrected chi connectivity index (χ4v) is 4.55. The van der Waals surface area contributed by atoms with Crippen LogP contribution in [0.5, 0.6) is 0 Å². The van der Waals surface area contributed by atoms with Crippen molar-refractivity contribution in [1.82, 2.24) is 0 Å². The summed E-state index contributed by atoms with van der Waals surface area (Å²) in [6, 6.07) is 22.3. The number of ether oxygens (including phenoxy) is 2. The Labute approximate surface area is 204 Å². The van der Waals surface area contributed by atoms with Crippen LogP contribution < -0.4 is 11.5 Å². The van der Waals surface area contributed by atoms with Gasteiger partial charge in [0.2, 0.25) is 0 Å². The maximum Gasteiger partial charge on any atom is 0.282 e. The summed E-state index contributed by atoms with van der Waals surface area (Å²) in [5.74, 6) is 0. The molecule has 4 rings (SSSR count). The minimum absolute atomic E-state index is 0.186. The molecule has 184 valence electrons. The average Bonchev–Trinajstić information content (AvgIpc) is 3.41. The molecule has 2 aliphatic heterocycles. The first kappa shape index (κ1) is 25.6. The van der Waals surface area contributed by atoms with E-state index < -0.39 is 0 Å². The average molecular weight is 465 g/mol. The fourth-order valence-electron chi connectivity index (χ4n) is 4.55. The Morgan fingerprint density at radius 2 is 1.03 bits per heavy atom. The van der Waals surface area contributed by atoms with Gasteiger partial charge in [-0.3, -0.25) is 0 Å². The van der Waals surface area contributed by atoms with Crippen molar-refractivity contribution in [2.24, 2.45) is 21.5 Å². The quantitative estimate of drug-likeness (QED) is 0.517. The predicted octanol–water partition coefficient (Wildman–Crippen LogP) is 5.00. The van der Waals surface area contributed by atoms with Gasteiger partial charge in [-0.1, -0.05) is 74.5 Å². The van der Waals surface area contributed by atoms with Gasteiger partial charge in [-0.25, -0.2) is 9.98 Å². The molecule has 0 bridgehead atoms. The summed E-state index contributed by atoms with van der Waals surface area (Å²) < 4.78 is 10.9. The highest BCUT2D eigenvalue weighted by atomic mass is 16.5. The van der Waals surface area contributed by atoms with E-state index in [4.69, 9.17) is 20.9 Å². The number of amidine groups is 2. The third-order valence-corrected chi connectivity index (χ3v) is 6.41. The van der Waals surface area contributed by atoms with Crippen LogP contribution in [-0.2, 0) is 22.3 Å². The van der Waals surface area contributed by atoms with Gasteiger partial charge in [-0.15, -0.1) is 0 Å². The molecule has 6 heteroatoms. The number of benzene rings is 2. The van der Waals surface area contributed by atoms with Crippen LogP contribution in [0, 0.1) is 0 Å². The summed E-state index contributed by atoms with van der Waals surface area (Å²) >= 11 is 0. The molecule has 0 aliphatic carbocycles. The zero-order valence-corrected chi connectivity index (χ0v) is 20.6. The Balaban J connectivity index is 0.000000191. The number of nitrogens with two attached hydrogens (primary N) is 2. The van der Waals surface area contributed by atoms with Gasteiger partial charge in [-0.05, 0) is 62.5 Å². The summed E-state index contributed by atoms with van der Waals surface area (Å²) in [5.41, 5.74) is 14.0. The summed E-state index contributed by atoms with van der Waals surface area (Å²) in [7, 11) is 0. The van der Waals surface area contributed by atoms with Crippen LogP contribution in [0.1, 0.15) is 63.5 Å². The van der Waals surface area contributed by atoms with E-state index >= 15 is 0 Å². The standard InChI is InChI=1S/2C14H20N2O/c2*1-2-13-12(16-14(15)17-13)10-6-9-11-7-4-3-5-8-11/h2*3-5,7-8,12-13H,2,6,9-10H2,1H3,(H2,15,16)/t12-,13+;12-,13-/m00/s1. The normalized spacial score (nSPS) is 23.2. The maximum absolute atomic E-state index is 5.60. The Hall–Kier alpha value is -3.02. The molecule has 4 atom stereocenters. The van der Waals surface area contributed by atoms with Gasteiger partial charge in [-0.2, -0.15) is 0 Å². The van der Waals surface area contributed by atoms with Crippen molar-refractivity contribution < 1.29 is 9.47 Å². The van der Waals surface area contributed by atoms with Crippen molar-refractivity contribution in [1.29, 1.82) is 0 Å². The second-order valence-electron chi connectivity index (χ2n) is 8.95. The third-order valence-electron chi connectivity index (χ3n) is 6.41. The van der Waals surface area contributed by atoms with Gasteiger partial charge in [0.1, 0.15) is 12.2 Å². The van der Waals surface area contributed by atoms with Crippen LogP contribution in [0.15, 0.2) is 70.6 Å². The molecule has 0 amide bonds. The molecule has 0 saturated carbocycles. The Bertz CT molecular complexity index is 826. The highest BCUT2D eigenvalue weighted by Gasteiger charge is 2.28. The molecule has 0 unspecified atom stereocenters. The lowest BCUT2D eigenvalue weighted by atomic mass is 10.0. The van der Waals surface area contributed by atoms with E-state index in [1.807, 2.05) is 12.1 Å². The molecule has 0 fully saturated rings. The number of aryl methyl sites for hydroxylation is 2. The fraction of sp³-hybridized carbons (Fsp3) is 0.500. The number of nitrogens with zero attached hydrogens (tertiary/aromatic N) is 2. The Kier molecular flexibility index (Phi) is 10.3. The molecule has 6 nitrogen and oxygen atoms in total. The van der Waals surface area contributed by atoms with Crippen LogP contribution in [0.25, 0.3) is 0 Å². The van der Waals surface area contributed by atoms with Gasteiger partial charge >= 0.3 is 0 Å². The van der Waals surface area contributed by atoms with E-state index in [1.54, 1.807) is 0 Å².